The van der Waals surface area contributed by atoms with Crippen LogP contribution in [0.2, 0.25) is 0 Å². The van der Waals surface area contributed by atoms with Gasteiger partial charge in [-0.1, -0.05) is 19.1 Å². The normalized spacial score (nSPS) is 12.9. The number of halogens is 2. The lowest BCUT2D eigenvalue weighted by Gasteiger charge is -2.30. The lowest BCUT2D eigenvalue weighted by atomic mass is 10.1. The molecule has 2 rings (SSSR count). The summed E-state index contributed by atoms with van der Waals surface area (Å²) in [7, 11) is -2.28. The van der Waals surface area contributed by atoms with Gasteiger partial charge in [0, 0.05) is 31.6 Å². The van der Waals surface area contributed by atoms with Crippen molar-refractivity contribution in [3.05, 3.63) is 59.7 Å². The van der Waals surface area contributed by atoms with Crippen LogP contribution in [0.3, 0.4) is 0 Å². The Balaban J connectivity index is 2.19. The van der Waals surface area contributed by atoms with Gasteiger partial charge in [-0.2, -0.15) is 0 Å². The zero-order valence-electron chi connectivity index (χ0n) is 21.8. The van der Waals surface area contributed by atoms with Gasteiger partial charge in [-0.25, -0.2) is 17.2 Å². The van der Waals surface area contributed by atoms with Gasteiger partial charge in [0.15, 0.2) is 11.6 Å². The average Bonchev–Trinajstić information content (AvgIpc) is 2.85. The third-order valence-electron chi connectivity index (χ3n) is 6.02. The number of carbonyl (C=O) groups is 2. The van der Waals surface area contributed by atoms with Gasteiger partial charge in [-0.05, 0) is 56.5 Å². The van der Waals surface area contributed by atoms with E-state index in [0.717, 1.165) is 34.7 Å². The Morgan fingerprint density at radius 2 is 1.70 bits per heavy atom. The van der Waals surface area contributed by atoms with Gasteiger partial charge in [-0.3, -0.25) is 13.9 Å². The van der Waals surface area contributed by atoms with Crippen molar-refractivity contribution in [2.45, 2.75) is 58.7 Å². The lowest BCUT2D eigenvalue weighted by molar-refractivity contribution is -0.140. The van der Waals surface area contributed by atoms with E-state index in [1.165, 1.54) is 11.0 Å². The molecular formula is C26H35F2N3O5S. The molecule has 2 unspecified atom stereocenters. The zero-order chi connectivity index (χ0) is 27.8. The van der Waals surface area contributed by atoms with Crippen molar-refractivity contribution in [2.75, 3.05) is 24.2 Å². The van der Waals surface area contributed by atoms with Crippen molar-refractivity contribution in [1.29, 1.82) is 0 Å². The quantitative estimate of drug-likeness (QED) is 0.417. The van der Waals surface area contributed by atoms with Crippen molar-refractivity contribution < 1.29 is 31.5 Å². The molecule has 0 heterocycles. The van der Waals surface area contributed by atoms with Crippen LogP contribution in [0.15, 0.2) is 42.5 Å². The number of hydrogen-bond acceptors (Lipinski definition) is 5. The van der Waals surface area contributed by atoms with Crippen LogP contribution in [0, 0.1) is 11.6 Å². The number of carbonyl (C=O) groups excluding carboxylic acids is 2. The molecule has 204 valence electrons. The summed E-state index contributed by atoms with van der Waals surface area (Å²) in [6.45, 7) is 5.49. The minimum atomic E-state index is -3.82. The molecule has 2 aromatic rings. The summed E-state index contributed by atoms with van der Waals surface area (Å²) < 4.78 is 57.8. The first-order chi connectivity index (χ1) is 17.4. The summed E-state index contributed by atoms with van der Waals surface area (Å²) in [6.07, 6.45) is 1.72. The topological polar surface area (TPSA) is 96.0 Å². The van der Waals surface area contributed by atoms with Crippen LogP contribution in [-0.4, -0.2) is 57.1 Å². The van der Waals surface area contributed by atoms with E-state index in [-0.39, 0.29) is 49.5 Å². The van der Waals surface area contributed by atoms with Crippen molar-refractivity contribution >= 4 is 27.5 Å². The van der Waals surface area contributed by atoms with Crippen LogP contribution >= 0.6 is 0 Å². The molecule has 0 bridgehead atoms. The van der Waals surface area contributed by atoms with E-state index in [1.54, 1.807) is 38.3 Å². The lowest BCUT2D eigenvalue weighted by Crippen LogP contribution is -2.49. The summed E-state index contributed by atoms with van der Waals surface area (Å²) >= 11 is 0. The molecule has 0 fully saturated rings. The van der Waals surface area contributed by atoms with Gasteiger partial charge in [0.2, 0.25) is 21.8 Å². The fourth-order valence-corrected chi connectivity index (χ4v) is 4.58. The van der Waals surface area contributed by atoms with Crippen molar-refractivity contribution in [3.8, 4) is 5.75 Å². The maximum absolute atomic E-state index is 13.7. The first kappa shape index (κ1) is 30.0. The molecule has 11 heteroatoms. The molecule has 8 nitrogen and oxygen atoms in total. The van der Waals surface area contributed by atoms with Crippen molar-refractivity contribution in [3.63, 3.8) is 0 Å². The van der Waals surface area contributed by atoms with Crippen LogP contribution in [0.4, 0.5) is 14.5 Å². The number of methoxy groups -OCH3 is 1. The Bertz CT molecular complexity index is 1180. The highest BCUT2D eigenvalue weighted by molar-refractivity contribution is 7.92. The molecule has 0 aromatic heterocycles. The summed E-state index contributed by atoms with van der Waals surface area (Å²) in [5.74, 6) is -2.25. The predicted octanol–water partition coefficient (Wildman–Crippen LogP) is 3.85. The summed E-state index contributed by atoms with van der Waals surface area (Å²) in [5.41, 5.74) is 0.752. The first-order valence-electron chi connectivity index (χ1n) is 12.0. The Hall–Kier alpha value is -3.21. The van der Waals surface area contributed by atoms with Crippen LogP contribution in [0.5, 0.6) is 5.75 Å². The van der Waals surface area contributed by atoms with E-state index in [9.17, 15) is 26.8 Å². The maximum atomic E-state index is 13.7. The van der Waals surface area contributed by atoms with Crippen molar-refractivity contribution in [1.82, 2.24) is 10.2 Å². The van der Waals surface area contributed by atoms with Gasteiger partial charge >= 0.3 is 0 Å². The number of benzene rings is 2. The minimum Gasteiger partial charge on any atom is -0.497 e. The SMILES string of the molecule is CCC(C)NC(=O)C(C)N(Cc1ccc(OC)cc1)C(=O)CCCN(c1ccc(F)c(F)c1)S(C)(=O)=O. The highest BCUT2D eigenvalue weighted by Crippen LogP contribution is 2.22. The molecule has 0 radical (unpaired) electrons. The number of amides is 2. The fraction of sp³-hybridized carbons (Fsp3) is 0.462. The highest BCUT2D eigenvalue weighted by Gasteiger charge is 2.27. The first-order valence-corrected chi connectivity index (χ1v) is 13.9. The van der Waals surface area contributed by atoms with Crippen LogP contribution in [0.1, 0.15) is 45.6 Å². The molecule has 2 atom stereocenters. The van der Waals surface area contributed by atoms with E-state index in [4.69, 9.17) is 4.74 Å². The molecule has 0 spiro atoms. The predicted molar refractivity (Wildman–Crippen MR) is 139 cm³/mol. The second kappa shape index (κ2) is 13.4. The van der Waals surface area contributed by atoms with Gasteiger partial charge in [-0.15, -0.1) is 0 Å². The Morgan fingerprint density at radius 3 is 2.24 bits per heavy atom. The number of hydrogen-bond donors (Lipinski definition) is 1. The van der Waals surface area contributed by atoms with E-state index >= 15 is 0 Å². The number of rotatable bonds is 13. The third-order valence-corrected chi connectivity index (χ3v) is 7.22. The maximum Gasteiger partial charge on any atom is 0.242 e. The molecule has 37 heavy (non-hydrogen) atoms. The van der Waals surface area contributed by atoms with E-state index in [2.05, 4.69) is 5.32 Å². The Morgan fingerprint density at radius 1 is 1.05 bits per heavy atom. The molecule has 0 aliphatic heterocycles. The van der Waals surface area contributed by atoms with Gasteiger partial charge in [0.1, 0.15) is 11.8 Å². The summed E-state index contributed by atoms with van der Waals surface area (Å²) in [4.78, 5) is 27.6. The number of sulfonamides is 1. The van der Waals surface area contributed by atoms with Gasteiger partial charge in [0.25, 0.3) is 0 Å². The standard InChI is InChI=1S/C26H35F2N3O5S/c1-6-18(2)29-26(33)19(3)30(17-20-9-12-22(36-4)13-10-20)25(32)8-7-15-31(37(5,34)35)21-11-14-23(27)24(28)16-21/h9-14,16,18-19H,6-8,15,17H2,1-5H3,(H,29,33). The largest absolute Gasteiger partial charge is 0.497 e. The van der Waals surface area contributed by atoms with E-state index in [0.29, 0.717) is 5.75 Å². The number of anilines is 1. The average molecular weight is 540 g/mol. The Kier molecular flexibility index (Phi) is 10.8. The number of nitrogens with one attached hydrogen (secondary N) is 1. The molecule has 0 saturated heterocycles. The third kappa shape index (κ3) is 8.70. The second-order valence-corrected chi connectivity index (χ2v) is 10.8. The molecule has 2 aromatic carbocycles. The number of nitrogens with zero attached hydrogens (tertiary/aromatic N) is 2. The molecular weight excluding hydrogens is 504 g/mol. The van der Waals surface area contributed by atoms with Crippen LogP contribution < -0.4 is 14.4 Å². The molecule has 0 saturated carbocycles. The minimum absolute atomic E-state index is 0.0368. The Labute approximate surface area is 217 Å². The molecule has 1 N–H and O–H groups in total. The fourth-order valence-electron chi connectivity index (χ4n) is 3.62. The number of ether oxygens (including phenoxy) is 1. The van der Waals surface area contributed by atoms with Crippen molar-refractivity contribution in [2.24, 2.45) is 0 Å². The molecule has 0 aliphatic carbocycles. The molecule has 2 amide bonds. The van der Waals surface area contributed by atoms with E-state index in [1.807, 2.05) is 13.8 Å². The van der Waals surface area contributed by atoms with Gasteiger partial charge < -0.3 is 15.0 Å². The van der Waals surface area contributed by atoms with Crippen LogP contribution in [-0.2, 0) is 26.2 Å². The summed E-state index contributed by atoms with van der Waals surface area (Å²) in [6, 6.07) is 9.09. The van der Waals surface area contributed by atoms with E-state index < -0.39 is 27.7 Å². The zero-order valence-corrected chi connectivity index (χ0v) is 22.6. The van der Waals surface area contributed by atoms with Crippen LogP contribution in [0.25, 0.3) is 0 Å². The van der Waals surface area contributed by atoms with Gasteiger partial charge in [0.05, 0.1) is 19.1 Å². The second-order valence-electron chi connectivity index (χ2n) is 8.90. The molecule has 0 aliphatic rings. The summed E-state index contributed by atoms with van der Waals surface area (Å²) in [5, 5.41) is 2.89. The highest BCUT2D eigenvalue weighted by atomic mass is 32.2. The smallest absolute Gasteiger partial charge is 0.242 e. The monoisotopic (exact) mass is 539 g/mol.